The summed E-state index contributed by atoms with van der Waals surface area (Å²) in [5, 5.41) is 2.36. The Kier molecular flexibility index (Phi) is 7.80. The lowest BCUT2D eigenvalue weighted by atomic mass is 9.81. The Morgan fingerprint density at radius 2 is 0.879 bits per heavy atom. The Bertz CT molecular complexity index is 3160. The van der Waals surface area contributed by atoms with Gasteiger partial charge in [-0.2, -0.15) is 9.97 Å². The second kappa shape index (κ2) is 13.4. The monoisotopic (exact) mass is 742 g/mol. The highest BCUT2D eigenvalue weighted by Gasteiger charge is 2.38. The van der Waals surface area contributed by atoms with Gasteiger partial charge in [0.15, 0.2) is 11.6 Å². The molecule has 58 heavy (non-hydrogen) atoms. The number of benzene rings is 8. The van der Waals surface area contributed by atoms with Crippen LogP contribution in [0.5, 0.6) is 0 Å². The predicted molar refractivity (Wildman–Crippen MR) is 239 cm³/mol. The van der Waals surface area contributed by atoms with E-state index in [1.807, 2.05) is 6.07 Å². The van der Waals surface area contributed by atoms with E-state index in [4.69, 9.17) is 15.0 Å². The molecule has 11 rings (SSSR count). The maximum atomic E-state index is 5.36. The smallest absolute Gasteiger partial charge is 0.238 e. The van der Waals surface area contributed by atoms with Gasteiger partial charge in [0.1, 0.15) is 0 Å². The third kappa shape index (κ3) is 5.48. The molecule has 1 aliphatic rings. The van der Waals surface area contributed by atoms with Crippen LogP contribution in [-0.4, -0.2) is 19.5 Å². The standard InChI is InChI=1S/C54H38N4/c1-54(2)47-22-11-9-20-43(47)45-32-33-46-44-21-10-12-23-48(44)58(50(46)49(45)54)53-56-51(39-28-24-37(25-29-39)35-14-5-3-6-15-35)55-52(57-53)40-30-26-38(27-31-40)42-19-13-18-41(34-42)36-16-7-4-8-17-36/h3-34H,1-2H3. The quantitative estimate of drug-likeness (QED) is 0.170. The molecule has 0 aliphatic heterocycles. The van der Waals surface area contributed by atoms with Crippen molar-refractivity contribution in [2.24, 2.45) is 0 Å². The van der Waals surface area contributed by atoms with Gasteiger partial charge in [0, 0.05) is 27.3 Å². The Balaban J connectivity index is 1.11. The van der Waals surface area contributed by atoms with Crippen LogP contribution >= 0.6 is 0 Å². The molecule has 274 valence electrons. The zero-order valence-electron chi connectivity index (χ0n) is 32.3. The minimum atomic E-state index is -0.239. The molecule has 2 heterocycles. The molecule has 0 saturated carbocycles. The normalized spacial score (nSPS) is 12.8. The Hall–Kier alpha value is -7.43. The minimum Gasteiger partial charge on any atom is -0.277 e. The first-order valence-electron chi connectivity index (χ1n) is 19.9. The summed E-state index contributed by atoms with van der Waals surface area (Å²) in [6, 6.07) is 68.9. The fraction of sp³-hybridized carbons (Fsp3) is 0.0556. The number of hydrogen-bond acceptors (Lipinski definition) is 3. The van der Waals surface area contributed by atoms with Crippen LogP contribution in [-0.2, 0) is 5.41 Å². The Morgan fingerprint density at radius 3 is 1.53 bits per heavy atom. The third-order valence-electron chi connectivity index (χ3n) is 11.9. The summed E-state index contributed by atoms with van der Waals surface area (Å²) in [5.74, 6) is 1.84. The lowest BCUT2D eigenvalue weighted by Gasteiger charge is -2.23. The second-order valence-electron chi connectivity index (χ2n) is 15.7. The van der Waals surface area contributed by atoms with Gasteiger partial charge in [-0.3, -0.25) is 4.57 Å². The van der Waals surface area contributed by atoms with Gasteiger partial charge in [0.05, 0.1) is 11.0 Å². The van der Waals surface area contributed by atoms with Gasteiger partial charge in [0.2, 0.25) is 5.95 Å². The fourth-order valence-corrected chi connectivity index (χ4v) is 9.01. The molecule has 8 aromatic carbocycles. The predicted octanol–water partition coefficient (Wildman–Crippen LogP) is 13.6. The minimum absolute atomic E-state index is 0.239. The van der Waals surface area contributed by atoms with Crippen LogP contribution in [0.4, 0.5) is 0 Å². The van der Waals surface area contributed by atoms with Gasteiger partial charge < -0.3 is 0 Å². The van der Waals surface area contributed by atoms with Crippen LogP contribution in [0, 0.1) is 0 Å². The van der Waals surface area contributed by atoms with Crippen molar-refractivity contribution in [3.05, 3.63) is 205 Å². The zero-order chi connectivity index (χ0) is 38.8. The molecule has 0 radical (unpaired) electrons. The molecular formula is C54H38N4. The van der Waals surface area contributed by atoms with Gasteiger partial charge in [0.25, 0.3) is 0 Å². The van der Waals surface area contributed by atoms with Gasteiger partial charge in [-0.1, -0.05) is 196 Å². The summed E-state index contributed by atoms with van der Waals surface area (Å²) in [5.41, 5.74) is 16.0. The molecule has 0 bridgehead atoms. The van der Waals surface area contributed by atoms with Crippen LogP contribution in [0.15, 0.2) is 194 Å². The average molecular weight is 743 g/mol. The van der Waals surface area contributed by atoms with Crippen molar-refractivity contribution in [1.82, 2.24) is 19.5 Å². The zero-order valence-corrected chi connectivity index (χ0v) is 32.3. The van der Waals surface area contributed by atoms with Crippen LogP contribution in [0.2, 0.25) is 0 Å². The van der Waals surface area contributed by atoms with E-state index in [2.05, 4.69) is 206 Å². The summed E-state index contributed by atoms with van der Waals surface area (Å²) in [4.78, 5) is 15.9. The molecule has 4 nitrogen and oxygen atoms in total. The van der Waals surface area contributed by atoms with Crippen molar-refractivity contribution >= 4 is 21.8 Å². The molecule has 0 N–H and O–H groups in total. The summed E-state index contributed by atoms with van der Waals surface area (Å²) in [6.45, 7) is 4.68. The van der Waals surface area contributed by atoms with Crippen LogP contribution in [0.1, 0.15) is 25.0 Å². The number of fused-ring (bicyclic) bond motifs is 7. The number of rotatable bonds is 6. The number of nitrogens with zero attached hydrogens (tertiary/aromatic N) is 4. The molecule has 10 aromatic rings. The van der Waals surface area contributed by atoms with Gasteiger partial charge in [-0.05, 0) is 67.8 Å². The van der Waals surface area contributed by atoms with Crippen LogP contribution in [0.25, 0.3) is 95.0 Å². The fourth-order valence-electron chi connectivity index (χ4n) is 9.01. The number of aromatic nitrogens is 4. The highest BCUT2D eigenvalue weighted by atomic mass is 15.2. The molecular weight excluding hydrogens is 705 g/mol. The van der Waals surface area contributed by atoms with E-state index < -0.39 is 0 Å². The first kappa shape index (κ1) is 33.9. The largest absolute Gasteiger partial charge is 0.277 e. The molecule has 0 atom stereocenters. The first-order chi connectivity index (χ1) is 28.5. The summed E-state index contributed by atoms with van der Waals surface area (Å²) >= 11 is 0. The molecule has 2 aromatic heterocycles. The van der Waals surface area contributed by atoms with E-state index in [1.54, 1.807) is 0 Å². The van der Waals surface area contributed by atoms with Gasteiger partial charge >= 0.3 is 0 Å². The van der Waals surface area contributed by atoms with E-state index in [0.717, 1.165) is 38.9 Å². The molecule has 0 saturated heterocycles. The average Bonchev–Trinajstić information content (AvgIpc) is 3.75. The summed E-state index contributed by atoms with van der Waals surface area (Å²) in [7, 11) is 0. The lowest BCUT2D eigenvalue weighted by Crippen LogP contribution is -2.17. The molecule has 0 fully saturated rings. The first-order valence-corrected chi connectivity index (χ1v) is 19.9. The molecule has 0 unspecified atom stereocenters. The molecule has 1 aliphatic carbocycles. The summed E-state index contributed by atoms with van der Waals surface area (Å²) in [6.07, 6.45) is 0. The van der Waals surface area contributed by atoms with E-state index >= 15 is 0 Å². The topological polar surface area (TPSA) is 43.6 Å². The number of para-hydroxylation sites is 1. The summed E-state index contributed by atoms with van der Waals surface area (Å²) < 4.78 is 2.29. The van der Waals surface area contributed by atoms with Crippen LogP contribution in [0.3, 0.4) is 0 Å². The van der Waals surface area contributed by atoms with E-state index in [-0.39, 0.29) is 5.41 Å². The highest BCUT2D eigenvalue weighted by Crippen LogP contribution is 2.52. The second-order valence-corrected chi connectivity index (χ2v) is 15.7. The van der Waals surface area contributed by atoms with Crippen LogP contribution < -0.4 is 0 Å². The van der Waals surface area contributed by atoms with Crippen molar-refractivity contribution in [2.75, 3.05) is 0 Å². The van der Waals surface area contributed by atoms with E-state index in [1.165, 1.54) is 49.7 Å². The SMILES string of the molecule is CC1(C)c2ccccc2-c2ccc3c4ccccc4n(-c4nc(-c5ccc(-c6ccccc6)cc5)nc(-c5ccc(-c6cccc(-c7ccccc7)c6)cc5)n4)c3c21. The van der Waals surface area contributed by atoms with E-state index in [0.29, 0.717) is 17.6 Å². The maximum Gasteiger partial charge on any atom is 0.238 e. The molecule has 0 amide bonds. The van der Waals surface area contributed by atoms with Crippen molar-refractivity contribution in [3.63, 3.8) is 0 Å². The van der Waals surface area contributed by atoms with Crippen molar-refractivity contribution in [3.8, 4) is 73.2 Å². The van der Waals surface area contributed by atoms with Gasteiger partial charge in [-0.15, -0.1) is 0 Å². The maximum absolute atomic E-state index is 5.36. The van der Waals surface area contributed by atoms with Gasteiger partial charge in [-0.25, -0.2) is 4.98 Å². The lowest BCUT2D eigenvalue weighted by molar-refractivity contribution is 0.663. The number of hydrogen-bond donors (Lipinski definition) is 0. The molecule has 0 spiro atoms. The van der Waals surface area contributed by atoms with Crippen molar-refractivity contribution < 1.29 is 0 Å². The Labute approximate surface area is 337 Å². The van der Waals surface area contributed by atoms with E-state index in [9.17, 15) is 0 Å². The van der Waals surface area contributed by atoms with Crippen molar-refractivity contribution in [1.29, 1.82) is 0 Å². The van der Waals surface area contributed by atoms with Crippen molar-refractivity contribution in [2.45, 2.75) is 19.3 Å². The highest BCUT2D eigenvalue weighted by molar-refractivity contribution is 6.13. The Morgan fingerprint density at radius 1 is 0.379 bits per heavy atom. The third-order valence-corrected chi connectivity index (χ3v) is 11.9. The molecule has 4 heteroatoms.